The number of para-hydroxylation sites is 2. The minimum absolute atomic E-state index is 0.0891. The molecular weight excluding hydrogens is 341 g/mol. The Balaban J connectivity index is 1.58. The summed E-state index contributed by atoms with van der Waals surface area (Å²) in [4.78, 5) is 17.6. The summed E-state index contributed by atoms with van der Waals surface area (Å²) in [6.45, 7) is 6.28. The number of likely N-dealkylation sites (N-methyl/N-ethyl adjacent to an activating group) is 1. The topological polar surface area (TPSA) is 28.5 Å². The van der Waals surface area contributed by atoms with Crippen LogP contribution in [0.4, 0.5) is 4.39 Å². The van der Waals surface area contributed by atoms with Crippen molar-refractivity contribution in [1.29, 1.82) is 0 Å². The van der Waals surface area contributed by atoms with Crippen LogP contribution in [0.2, 0.25) is 0 Å². The highest BCUT2D eigenvalue weighted by atomic mass is 19.1. The van der Waals surface area contributed by atoms with Crippen LogP contribution in [0.1, 0.15) is 12.8 Å². The molecule has 3 aromatic rings. The zero-order chi connectivity index (χ0) is 18.8. The Hall–Kier alpha value is -2.24. The first-order valence-corrected chi connectivity index (χ1v) is 9.76. The van der Waals surface area contributed by atoms with Crippen molar-refractivity contribution in [3.05, 3.63) is 58.5 Å². The Morgan fingerprint density at radius 1 is 0.889 bits per heavy atom. The average molecular weight is 367 g/mol. The van der Waals surface area contributed by atoms with Crippen LogP contribution >= 0.6 is 0 Å². The van der Waals surface area contributed by atoms with E-state index in [4.69, 9.17) is 0 Å². The molecule has 0 aliphatic carbocycles. The summed E-state index contributed by atoms with van der Waals surface area (Å²) >= 11 is 0. The molecule has 0 radical (unpaired) electrons. The van der Waals surface area contributed by atoms with Crippen LogP contribution in [0.15, 0.2) is 47.3 Å². The fourth-order valence-electron chi connectivity index (χ4n) is 4.05. The standard InChI is InChI=1S/C22H26FN3O/c1-24-13-15-25(16-14-24)11-4-5-12-26-20-10-3-2-7-17(20)22(27)18-8-6-9-19(23)21(18)26/h2-3,6-10H,4-5,11-16H2,1H3. The number of hydrogen-bond donors (Lipinski definition) is 0. The van der Waals surface area contributed by atoms with Gasteiger partial charge in [-0.2, -0.15) is 0 Å². The Morgan fingerprint density at radius 3 is 2.41 bits per heavy atom. The third-order valence-corrected chi connectivity index (χ3v) is 5.64. The van der Waals surface area contributed by atoms with Crippen LogP contribution in [0.25, 0.3) is 21.8 Å². The van der Waals surface area contributed by atoms with E-state index in [9.17, 15) is 9.18 Å². The van der Waals surface area contributed by atoms with Gasteiger partial charge in [-0.05, 0) is 50.7 Å². The molecule has 0 unspecified atom stereocenters. The van der Waals surface area contributed by atoms with Gasteiger partial charge in [0.1, 0.15) is 5.82 Å². The van der Waals surface area contributed by atoms with Gasteiger partial charge in [0.25, 0.3) is 0 Å². The van der Waals surface area contributed by atoms with Gasteiger partial charge >= 0.3 is 0 Å². The third kappa shape index (κ3) is 3.62. The lowest BCUT2D eigenvalue weighted by Gasteiger charge is -2.32. The van der Waals surface area contributed by atoms with Gasteiger partial charge in [-0.1, -0.05) is 18.2 Å². The maximum absolute atomic E-state index is 14.6. The van der Waals surface area contributed by atoms with Crippen LogP contribution in [-0.2, 0) is 6.54 Å². The summed E-state index contributed by atoms with van der Waals surface area (Å²) in [6, 6.07) is 12.3. The normalized spacial score (nSPS) is 16.4. The zero-order valence-corrected chi connectivity index (χ0v) is 15.8. The number of aryl methyl sites for hydroxylation is 1. The smallest absolute Gasteiger partial charge is 0.197 e. The van der Waals surface area contributed by atoms with Gasteiger partial charge in [0.2, 0.25) is 0 Å². The summed E-state index contributed by atoms with van der Waals surface area (Å²) in [6.07, 6.45) is 2.03. The predicted octanol–water partition coefficient (Wildman–Crippen LogP) is 3.32. The largest absolute Gasteiger partial charge is 0.338 e. The number of hydrogen-bond acceptors (Lipinski definition) is 3. The lowest BCUT2D eigenvalue weighted by molar-refractivity contribution is 0.152. The fraction of sp³-hybridized carbons (Fsp3) is 0.409. The van der Waals surface area contributed by atoms with Crippen LogP contribution in [0.5, 0.6) is 0 Å². The second kappa shape index (κ2) is 7.79. The van der Waals surface area contributed by atoms with E-state index in [0.717, 1.165) is 51.1 Å². The molecule has 4 nitrogen and oxygen atoms in total. The van der Waals surface area contributed by atoms with Crippen molar-refractivity contribution in [2.24, 2.45) is 0 Å². The lowest BCUT2D eigenvalue weighted by atomic mass is 10.1. The Bertz CT molecular complexity index is 1010. The molecule has 1 aromatic heterocycles. The van der Waals surface area contributed by atoms with Gasteiger partial charge in [0, 0.05) is 43.5 Å². The van der Waals surface area contributed by atoms with E-state index < -0.39 is 0 Å². The molecule has 0 N–H and O–H groups in total. The van der Waals surface area contributed by atoms with E-state index in [-0.39, 0.29) is 11.2 Å². The number of unbranched alkanes of at least 4 members (excludes halogenated alkanes) is 1. The van der Waals surface area contributed by atoms with Crippen LogP contribution < -0.4 is 5.43 Å². The van der Waals surface area contributed by atoms with Gasteiger partial charge in [-0.15, -0.1) is 0 Å². The first-order valence-electron chi connectivity index (χ1n) is 9.76. The maximum atomic E-state index is 14.6. The average Bonchev–Trinajstić information content (AvgIpc) is 2.69. The molecule has 0 bridgehead atoms. The highest BCUT2D eigenvalue weighted by Crippen LogP contribution is 2.22. The van der Waals surface area contributed by atoms with Gasteiger partial charge in [-0.25, -0.2) is 4.39 Å². The van der Waals surface area contributed by atoms with Crippen molar-refractivity contribution in [3.63, 3.8) is 0 Å². The zero-order valence-electron chi connectivity index (χ0n) is 15.8. The number of rotatable bonds is 5. The summed E-state index contributed by atoms with van der Waals surface area (Å²) in [7, 11) is 2.17. The molecule has 1 saturated heterocycles. The quantitative estimate of drug-likeness (QED) is 0.512. The van der Waals surface area contributed by atoms with E-state index in [0.29, 0.717) is 22.8 Å². The summed E-state index contributed by atoms with van der Waals surface area (Å²) in [5, 5.41) is 1.13. The molecule has 4 rings (SSSR count). The van der Waals surface area contributed by atoms with E-state index in [2.05, 4.69) is 16.8 Å². The van der Waals surface area contributed by atoms with Crippen molar-refractivity contribution in [2.75, 3.05) is 39.8 Å². The summed E-state index contributed by atoms with van der Waals surface area (Å²) in [5.41, 5.74) is 1.16. The van der Waals surface area contributed by atoms with Gasteiger partial charge in [-0.3, -0.25) is 4.79 Å². The second-order valence-electron chi connectivity index (χ2n) is 7.49. The summed E-state index contributed by atoms with van der Waals surface area (Å²) in [5.74, 6) is -0.325. The molecular formula is C22H26FN3O. The third-order valence-electron chi connectivity index (χ3n) is 5.64. The number of nitrogens with zero attached hydrogens (tertiary/aromatic N) is 3. The first kappa shape index (κ1) is 18.1. The molecule has 1 aliphatic rings. The Morgan fingerprint density at radius 2 is 1.59 bits per heavy atom. The van der Waals surface area contributed by atoms with Crippen LogP contribution in [0.3, 0.4) is 0 Å². The molecule has 0 spiro atoms. The van der Waals surface area contributed by atoms with Crippen molar-refractivity contribution in [1.82, 2.24) is 14.4 Å². The molecule has 142 valence electrons. The number of piperazine rings is 1. The monoisotopic (exact) mass is 367 g/mol. The highest BCUT2D eigenvalue weighted by Gasteiger charge is 2.15. The predicted molar refractivity (Wildman–Crippen MR) is 109 cm³/mol. The molecule has 5 heteroatoms. The number of aromatic nitrogens is 1. The Labute approximate surface area is 158 Å². The SMILES string of the molecule is CN1CCN(CCCCn2c3ccccc3c(=O)c3cccc(F)c32)CC1. The number of benzene rings is 2. The van der Waals surface area contributed by atoms with E-state index in [1.165, 1.54) is 6.07 Å². The van der Waals surface area contributed by atoms with Gasteiger partial charge in [0.05, 0.1) is 11.0 Å². The van der Waals surface area contributed by atoms with E-state index in [1.54, 1.807) is 12.1 Å². The minimum Gasteiger partial charge on any atom is -0.338 e. The molecule has 0 amide bonds. The Kier molecular flexibility index (Phi) is 5.23. The number of fused-ring (bicyclic) bond motifs is 2. The van der Waals surface area contributed by atoms with Crippen molar-refractivity contribution >= 4 is 21.8 Å². The molecule has 0 saturated carbocycles. The van der Waals surface area contributed by atoms with Crippen LogP contribution in [-0.4, -0.2) is 54.1 Å². The summed E-state index contributed by atoms with van der Waals surface area (Å²) < 4.78 is 16.6. The molecule has 0 atom stereocenters. The van der Waals surface area contributed by atoms with Gasteiger partial charge in [0.15, 0.2) is 5.43 Å². The maximum Gasteiger partial charge on any atom is 0.197 e. The van der Waals surface area contributed by atoms with Crippen molar-refractivity contribution in [2.45, 2.75) is 19.4 Å². The molecule has 1 fully saturated rings. The lowest BCUT2D eigenvalue weighted by Crippen LogP contribution is -2.44. The fourth-order valence-corrected chi connectivity index (χ4v) is 4.05. The number of halogens is 1. The molecule has 1 aliphatic heterocycles. The number of pyridine rings is 1. The van der Waals surface area contributed by atoms with Crippen molar-refractivity contribution in [3.8, 4) is 0 Å². The minimum atomic E-state index is -0.325. The van der Waals surface area contributed by atoms with E-state index >= 15 is 0 Å². The molecule has 27 heavy (non-hydrogen) atoms. The molecule has 2 aromatic carbocycles. The second-order valence-corrected chi connectivity index (χ2v) is 7.49. The van der Waals surface area contributed by atoms with Crippen molar-refractivity contribution < 1.29 is 4.39 Å². The first-order chi connectivity index (χ1) is 13.1. The molecule has 2 heterocycles. The van der Waals surface area contributed by atoms with Gasteiger partial charge < -0.3 is 14.4 Å². The highest BCUT2D eigenvalue weighted by molar-refractivity contribution is 5.93. The van der Waals surface area contributed by atoms with E-state index in [1.807, 2.05) is 28.8 Å². The van der Waals surface area contributed by atoms with Crippen LogP contribution in [0, 0.1) is 5.82 Å².